The lowest BCUT2D eigenvalue weighted by atomic mass is 9.99. The monoisotopic (exact) mass is 482 g/mol. The molecule has 10 nitrogen and oxygen atoms in total. The van der Waals surface area contributed by atoms with Crippen LogP contribution in [0.25, 0.3) is 0 Å². The summed E-state index contributed by atoms with van der Waals surface area (Å²) in [4.78, 5) is 59.6. The molecule has 0 aliphatic carbocycles. The van der Waals surface area contributed by atoms with E-state index in [9.17, 15) is 37.1 Å². The SMILES string of the molecule is COC(=O)N[C@@H](CC(C)C)C(=O)NCC(=O)N[C@@H](C)C(=O)N[C@@H](CC(C)C)C(=O)C(F)(F)F. The first-order valence-corrected chi connectivity index (χ1v) is 10.4. The number of methoxy groups -OCH3 is 1. The van der Waals surface area contributed by atoms with Gasteiger partial charge in [-0.1, -0.05) is 27.7 Å². The van der Waals surface area contributed by atoms with Crippen LogP contribution in [-0.2, 0) is 23.9 Å². The smallest absolute Gasteiger partial charge is 0.452 e. The molecule has 190 valence electrons. The standard InChI is InChI=1S/C20H33F3N4O6/c1-10(2)7-13(16(29)20(21,22)23)26-17(30)12(5)25-15(28)9-24-18(31)14(8-11(3)4)27-19(32)33-6/h10-14H,7-9H2,1-6H3,(H,24,31)(H,25,28)(H,26,30)(H,27,32)/t12-,13-,14-/m0/s1. The first kappa shape index (κ1) is 30.1. The van der Waals surface area contributed by atoms with E-state index in [0.717, 1.165) is 7.11 Å². The number of rotatable bonds is 12. The fraction of sp³-hybridized carbons (Fsp3) is 0.750. The van der Waals surface area contributed by atoms with Crippen molar-refractivity contribution >= 4 is 29.6 Å². The third-order valence-corrected chi connectivity index (χ3v) is 4.31. The number of hydrogen-bond acceptors (Lipinski definition) is 6. The second kappa shape index (κ2) is 13.6. The van der Waals surface area contributed by atoms with Gasteiger partial charge in [0.05, 0.1) is 19.7 Å². The summed E-state index contributed by atoms with van der Waals surface area (Å²) < 4.78 is 42.8. The van der Waals surface area contributed by atoms with Gasteiger partial charge in [0, 0.05) is 0 Å². The van der Waals surface area contributed by atoms with Crippen molar-refractivity contribution in [1.82, 2.24) is 21.3 Å². The number of hydrogen-bond donors (Lipinski definition) is 4. The Kier molecular flexibility index (Phi) is 12.5. The fourth-order valence-electron chi connectivity index (χ4n) is 2.75. The van der Waals surface area contributed by atoms with Crippen molar-refractivity contribution in [1.29, 1.82) is 0 Å². The summed E-state index contributed by atoms with van der Waals surface area (Å²) >= 11 is 0. The second-order valence-corrected chi connectivity index (χ2v) is 8.38. The molecule has 0 saturated heterocycles. The Morgan fingerprint density at radius 3 is 1.76 bits per heavy atom. The van der Waals surface area contributed by atoms with E-state index in [-0.39, 0.29) is 24.7 Å². The summed E-state index contributed by atoms with van der Waals surface area (Å²) in [6, 6.07) is -4.02. The summed E-state index contributed by atoms with van der Waals surface area (Å²) in [6.07, 6.45) is -5.90. The summed E-state index contributed by atoms with van der Waals surface area (Å²) in [5.41, 5.74) is 0. The largest absolute Gasteiger partial charge is 0.453 e. The van der Waals surface area contributed by atoms with Crippen LogP contribution in [-0.4, -0.2) is 67.6 Å². The van der Waals surface area contributed by atoms with Crippen molar-refractivity contribution in [3.05, 3.63) is 0 Å². The first-order valence-electron chi connectivity index (χ1n) is 10.4. The van der Waals surface area contributed by atoms with Crippen molar-refractivity contribution in [3.8, 4) is 0 Å². The van der Waals surface area contributed by atoms with Crippen LogP contribution < -0.4 is 21.3 Å². The Morgan fingerprint density at radius 1 is 0.788 bits per heavy atom. The van der Waals surface area contributed by atoms with E-state index in [1.54, 1.807) is 13.8 Å². The van der Waals surface area contributed by atoms with Crippen LogP contribution in [0.1, 0.15) is 47.5 Å². The van der Waals surface area contributed by atoms with E-state index in [1.807, 2.05) is 19.2 Å². The van der Waals surface area contributed by atoms with Crippen molar-refractivity contribution in [2.75, 3.05) is 13.7 Å². The molecule has 0 aliphatic rings. The Balaban J connectivity index is 4.91. The Hall–Kier alpha value is -2.86. The number of ether oxygens (including phenoxy) is 1. The number of halogens is 3. The molecule has 0 fully saturated rings. The topological polar surface area (TPSA) is 143 Å². The summed E-state index contributed by atoms with van der Waals surface area (Å²) in [6.45, 7) is 7.51. The lowest BCUT2D eigenvalue weighted by Gasteiger charge is -2.23. The molecule has 4 N–H and O–H groups in total. The van der Waals surface area contributed by atoms with Gasteiger partial charge in [-0.2, -0.15) is 13.2 Å². The number of nitrogens with one attached hydrogen (secondary N) is 4. The predicted molar refractivity (Wildman–Crippen MR) is 112 cm³/mol. The average Bonchev–Trinajstić information content (AvgIpc) is 2.68. The highest BCUT2D eigenvalue weighted by Gasteiger charge is 2.44. The molecule has 0 spiro atoms. The zero-order chi connectivity index (χ0) is 25.9. The molecule has 0 saturated carbocycles. The summed E-state index contributed by atoms with van der Waals surface area (Å²) in [5, 5.41) is 8.91. The van der Waals surface area contributed by atoms with Gasteiger partial charge in [-0.05, 0) is 31.6 Å². The zero-order valence-corrected chi connectivity index (χ0v) is 19.6. The number of alkyl carbamates (subject to hydrolysis) is 1. The van der Waals surface area contributed by atoms with E-state index in [4.69, 9.17) is 0 Å². The molecule has 0 aliphatic heterocycles. The third kappa shape index (κ3) is 12.1. The van der Waals surface area contributed by atoms with Crippen LogP contribution in [0.15, 0.2) is 0 Å². The van der Waals surface area contributed by atoms with Crippen LogP contribution in [0.3, 0.4) is 0 Å². The van der Waals surface area contributed by atoms with Gasteiger partial charge in [0.25, 0.3) is 5.78 Å². The molecule has 0 rings (SSSR count). The minimum atomic E-state index is -5.12. The van der Waals surface area contributed by atoms with Gasteiger partial charge in [0.15, 0.2) is 0 Å². The molecule has 3 atom stereocenters. The van der Waals surface area contributed by atoms with Crippen LogP contribution >= 0.6 is 0 Å². The van der Waals surface area contributed by atoms with Gasteiger partial charge in [0.1, 0.15) is 12.1 Å². The van der Waals surface area contributed by atoms with Crippen molar-refractivity contribution in [2.24, 2.45) is 11.8 Å². The lowest BCUT2D eigenvalue weighted by Crippen LogP contribution is -2.54. The normalized spacial score (nSPS) is 14.2. The molecule has 0 bridgehead atoms. The maximum absolute atomic E-state index is 12.8. The molecule has 0 radical (unpaired) electrons. The Morgan fingerprint density at radius 2 is 1.30 bits per heavy atom. The number of carbonyl (C=O) groups excluding carboxylic acids is 5. The zero-order valence-electron chi connectivity index (χ0n) is 19.6. The van der Waals surface area contributed by atoms with Crippen molar-refractivity contribution in [3.63, 3.8) is 0 Å². The fourth-order valence-corrected chi connectivity index (χ4v) is 2.75. The Bertz CT molecular complexity index is 712. The molecule has 13 heteroatoms. The van der Waals surface area contributed by atoms with Gasteiger partial charge in [-0.3, -0.25) is 19.2 Å². The van der Waals surface area contributed by atoms with E-state index in [1.165, 1.54) is 6.92 Å². The van der Waals surface area contributed by atoms with Gasteiger partial charge in [-0.25, -0.2) is 4.79 Å². The molecular formula is C20H33F3N4O6. The highest BCUT2D eigenvalue weighted by Crippen LogP contribution is 2.21. The lowest BCUT2D eigenvalue weighted by molar-refractivity contribution is -0.174. The Labute approximate surface area is 190 Å². The van der Waals surface area contributed by atoms with Crippen LogP contribution in [0, 0.1) is 11.8 Å². The number of amides is 4. The molecule has 0 unspecified atom stereocenters. The van der Waals surface area contributed by atoms with Crippen molar-refractivity contribution in [2.45, 2.75) is 71.8 Å². The molecule has 0 aromatic heterocycles. The average molecular weight is 483 g/mol. The van der Waals surface area contributed by atoms with Gasteiger partial charge < -0.3 is 26.0 Å². The van der Waals surface area contributed by atoms with Gasteiger partial charge in [0.2, 0.25) is 17.7 Å². The van der Waals surface area contributed by atoms with Crippen LogP contribution in [0.4, 0.5) is 18.0 Å². The number of carbonyl (C=O) groups is 5. The van der Waals surface area contributed by atoms with Crippen LogP contribution in [0.2, 0.25) is 0 Å². The summed E-state index contributed by atoms with van der Waals surface area (Å²) in [5.74, 6) is -4.79. The summed E-state index contributed by atoms with van der Waals surface area (Å²) in [7, 11) is 1.13. The minimum Gasteiger partial charge on any atom is -0.453 e. The first-order chi connectivity index (χ1) is 15.1. The second-order valence-electron chi connectivity index (χ2n) is 8.38. The molecule has 4 amide bonds. The quantitative estimate of drug-likeness (QED) is 0.327. The predicted octanol–water partition coefficient (Wildman–Crippen LogP) is 1.04. The molecule has 33 heavy (non-hydrogen) atoms. The van der Waals surface area contributed by atoms with E-state index in [0.29, 0.717) is 0 Å². The molecular weight excluding hydrogens is 449 g/mol. The van der Waals surface area contributed by atoms with Gasteiger partial charge in [-0.15, -0.1) is 0 Å². The maximum atomic E-state index is 12.8. The highest BCUT2D eigenvalue weighted by atomic mass is 19.4. The third-order valence-electron chi connectivity index (χ3n) is 4.31. The van der Waals surface area contributed by atoms with E-state index >= 15 is 0 Å². The van der Waals surface area contributed by atoms with E-state index in [2.05, 4.69) is 20.7 Å². The van der Waals surface area contributed by atoms with Crippen molar-refractivity contribution < 1.29 is 41.9 Å². The number of Topliss-reactive ketones (excluding diaryl/α,β-unsaturated/α-hetero) is 1. The minimum absolute atomic E-state index is 0.0358. The van der Waals surface area contributed by atoms with E-state index < -0.39 is 60.4 Å². The number of alkyl halides is 3. The highest BCUT2D eigenvalue weighted by molar-refractivity contribution is 5.95. The van der Waals surface area contributed by atoms with Crippen LogP contribution in [0.5, 0.6) is 0 Å². The number of ketones is 1. The molecule has 0 aromatic rings. The van der Waals surface area contributed by atoms with Gasteiger partial charge >= 0.3 is 12.3 Å². The maximum Gasteiger partial charge on any atom is 0.452 e. The molecule has 0 heterocycles. The molecule has 0 aromatic carbocycles.